The second-order valence-electron chi connectivity index (χ2n) is 5.86. The van der Waals surface area contributed by atoms with Crippen LogP contribution in [0.25, 0.3) is 0 Å². The van der Waals surface area contributed by atoms with Crippen LogP contribution in [0.2, 0.25) is 0 Å². The van der Waals surface area contributed by atoms with Crippen LogP contribution in [0.5, 0.6) is 0 Å². The lowest BCUT2D eigenvalue weighted by Gasteiger charge is -2.40. The smallest absolute Gasteiger partial charge is 0.140 e. The lowest BCUT2D eigenvalue weighted by atomic mass is 9.62. The number of rotatable bonds is 1. The standard InChI is InChI=1S/C13H23NO/c1-9(2)11-4-5-12(15)13(6-11)8-14-7-10(13)3/h9-11,14H,4-8H2,1-3H3. The van der Waals surface area contributed by atoms with Crippen molar-refractivity contribution >= 4 is 5.78 Å². The topological polar surface area (TPSA) is 29.1 Å². The van der Waals surface area contributed by atoms with Crippen molar-refractivity contribution in [3.8, 4) is 0 Å². The van der Waals surface area contributed by atoms with Gasteiger partial charge in [-0.15, -0.1) is 0 Å². The molecule has 1 heterocycles. The minimum Gasteiger partial charge on any atom is -0.315 e. The zero-order valence-corrected chi connectivity index (χ0v) is 10.2. The molecule has 15 heavy (non-hydrogen) atoms. The van der Waals surface area contributed by atoms with Gasteiger partial charge in [-0.3, -0.25) is 4.79 Å². The average Bonchev–Trinajstić information content (AvgIpc) is 2.54. The molecule has 1 saturated carbocycles. The molecule has 0 amide bonds. The third-order valence-corrected chi connectivity index (χ3v) is 4.70. The highest BCUT2D eigenvalue weighted by Crippen LogP contribution is 2.46. The van der Waals surface area contributed by atoms with Crippen LogP contribution in [0.3, 0.4) is 0 Å². The monoisotopic (exact) mass is 209 g/mol. The number of nitrogens with one attached hydrogen (secondary N) is 1. The van der Waals surface area contributed by atoms with Crippen LogP contribution in [0.15, 0.2) is 0 Å². The molecule has 1 aliphatic heterocycles. The Morgan fingerprint density at radius 3 is 2.73 bits per heavy atom. The van der Waals surface area contributed by atoms with Gasteiger partial charge >= 0.3 is 0 Å². The van der Waals surface area contributed by atoms with E-state index in [4.69, 9.17) is 0 Å². The van der Waals surface area contributed by atoms with E-state index in [9.17, 15) is 4.79 Å². The lowest BCUT2D eigenvalue weighted by molar-refractivity contribution is -0.134. The number of Topliss-reactive ketones (excluding diaryl/α,β-unsaturated/α-hetero) is 1. The molecule has 1 N–H and O–H groups in total. The highest BCUT2D eigenvalue weighted by molar-refractivity contribution is 5.86. The van der Waals surface area contributed by atoms with Crippen LogP contribution in [-0.2, 0) is 4.79 Å². The minimum atomic E-state index is -0.00676. The number of hydrogen-bond donors (Lipinski definition) is 1. The molecule has 2 fully saturated rings. The Morgan fingerprint density at radius 1 is 1.47 bits per heavy atom. The molecule has 1 saturated heterocycles. The summed E-state index contributed by atoms with van der Waals surface area (Å²) in [5, 5.41) is 3.40. The maximum atomic E-state index is 12.2. The van der Waals surface area contributed by atoms with Gasteiger partial charge in [-0.05, 0) is 37.1 Å². The van der Waals surface area contributed by atoms with Gasteiger partial charge in [0.2, 0.25) is 0 Å². The van der Waals surface area contributed by atoms with Gasteiger partial charge in [0.25, 0.3) is 0 Å². The molecule has 3 atom stereocenters. The first-order chi connectivity index (χ1) is 7.06. The summed E-state index contributed by atoms with van der Waals surface area (Å²) in [6.45, 7) is 8.77. The summed E-state index contributed by atoms with van der Waals surface area (Å²) in [6.07, 6.45) is 3.05. The molecule has 1 aliphatic carbocycles. The van der Waals surface area contributed by atoms with Crippen molar-refractivity contribution < 1.29 is 4.79 Å². The summed E-state index contributed by atoms with van der Waals surface area (Å²) in [6, 6.07) is 0. The molecule has 1 spiro atoms. The van der Waals surface area contributed by atoms with Crippen LogP contribution in [0.4, 0.5) is 0 Å². The Balaban J connectivity index is 2.18. The summed E-state index contributed by atoms with van der Waals surface area (Å²) in [4.78, 5) is 12.2. The summed E-state index contributed by atoms with van der Waals surface area (Å²) in [5.41, 5.74) is -0.00676. The Bertz CT molecular complexity index is 261. The second-order valence-corrected chi connectivity index (χ2v) is 5.86. The molecule has 2 aliphatic rings. The lowest BCUT2D eigenvalue weighted by Crippen LogP contribution is -2.44. The van der Waals surface area contributed by atoms with E-state index < -0.39 is 0 Å². The van der Waals surface area contributed by atoms with Gasteiger partial charge in [-0.2, -0.15) is 0 Å². The van der Waals surface area contributed by atoms with E-state index in [-0.39, 0.29) is 5.41 Å². The fraction of sp³-hybridized carbons (Fsp3) is 0.923. The molecule has 0 aromatic heterocycles. The summed E-state index contributed by atoms with van der Waals surface area (Å²) in [5.74, 6) is 2.54. The van der Waals surface area contributed by atoms with Gasteiger partial charge < -0.3 is 5.32 Å². The first kappa shape index (κ1) is 11.1. The van der Waals surface area contributed by atoms with Gasteiger partial charge in [-0.1, -0.05) is 20.8 Å². The molecule has 3 unspecified atom stereocenters. The molecule has 2 heteroatoms. The van der Waals surface area contributed by atoms with Crippen molar-refractivity contribution in [1.29, 1.82) is 0 Å². The Morgan fingerprint density at radius 2 is 2.20 bits per heavy atom. The van der Waals surface area contributed by atoms with E-state index in [0.29, 0.717) is 11.7 Å². The highest BCUT2D eigenvalue weighted by Gasteiger charge is 2.49. The first-order valence-corrected chi connectivity index (χ1v) is 6.30. The van der Waals surface area contributed by atoms with Gasteiger partial charge in [0.1, 0.15) is 5.78 Å². The third-order valence-electron chi connectivity index (χ3n) is 4.70. The van der Waals surface area contributed by atoms with E-state index in [1.165, 1.54) is 0 Å². The van der Waals surface area contributed by atoms with Crippen molar-refractivity contribution in [3.63, 3.8) is 0 Å². The number of carbonyl (C=O) groups excluding carboxylic acids is 1. The van der Waals surface area contributed by atoms with Crippen LogP contribution >= 0.6 is 0 Å². The number of ketones is 1. The molecular formula is C13H23NO. The summed E-state index contributed by atoms with van der Waals surface area (Å²) in [7, 11) is 0. The Kier molecular flexibility index (Phi) is 2.89. The van der Waals surface area contributed by atoms with Crippen LogP contribution in [0, 0.1) is 23.2 Å². The number of hydrogen-bond acceptors (Lipinski definition) is 2. The quantitative estimate of drug-likeness (QED) is 0.717. The molecule has 0 radical (unpaired) electrons. The zero-order chi connectivity index (χ0) is 11.1. The van der Waals surface area contributed by atoms with Gasteiger partial charge in [0, 0.05) is 18.4 Å². The van der Waals surface area contributed by atoms with Gasteiger partial charge in [-0.25, -0.2) is 0 Å². The number of carbonyl (C=O) groups is 1. The minimum absolute atomic E-state index is 0.00676. The van der Waals surface area contributed by atoms with E-state index in [2.05, 4.69) is 26.1 Å². The Hall–Kier alpha value is -0.370. The van der Waals surface area contributed by atoms with E-state index in [0.717, 1.165) is 44.2 Å². The molecule has 86 valence electrons. The SMILES string of the molecule is CC(C)C1CCC(=O)C2(CNCC2C)C1. The van der Waals surface area contributed by atoms with Crippen molar-refractivity contribution in [2.75, 3.05) is 13.1 Å². The van der Waals surface area contributed by atoms with Gasteiger partial charge in [0.15, 0.2) is 0 Å². The maximum Gasteiger partial charge on any atom is 0.140 e. The van der Waals surface area contributed by atoms with Crippen molar-refractivity contribution in [3.05, 3.63) is 0 Å². The predicted octanol–water partition coefficient (Wildman–Crippen LogP) is 2.24. The molecule has 2 rings (SSSR count). The molecule has 0 bridgehead atoms. The zero-order valence-electron chi connectivity index (χ0n) is 10.2. The van der Waals surface area contributed by atoms with Gasteiger partial charge in [0.05, 0.1) is 0 Å². The van der Waals surface area contributed by atoms with Crippen molar-refractivity contribution in [2.24, 2.45) is 23.2 Å². The second kappa shape index (κ2) is 3.89. The molecular weight excluding hydrogens is 186 g/mol. The van der Waals surface area contributed by atoms with Crippen molar-refractivity contribution in [2.45, 2.75) is 40.0 Å². The molecule has 0 aromatic rings. The van der Waals surface area contributed by atoms with Crippen LogP contribution in [0.1, 0.15) is 40.0 Å². The average molecular weight is 209 g/mol. The predicted molar refractivity (Wildman–Crippen MR) is 61.7 cm³/mol. The van der Waals surface area contributed by atoms with Crippen LogP contribution in [-0.4, -0.2) is 18.9 Å². The van der Waals surface area contributed by atoms with Crippen LogP contribution < -0.4 is 5.32 Å². The summed E-state index contributed by atoms with van der Waals surface area (Å²) < 4.78 is 0. The van der Waals surface area contributed by atoms with Crippen molar-refractivity contribution in [1.82, 2.24) is 5.32 Å². The normalized spacial score (nSPS) is 41.7. The fourth-order valence-corrected chi connectivity index (χ4v) is 3.35. The fourth-order valence-electron chi connectivity index (χ4n) is 3.35. The van der Waals surface area contributed by atoms with E-state index in [1.54, 1.807) is 0 Å². The largest absolute Gasteiger partial charge is 0.315 e. The van der Waals surface area contributed by atoms with E-state index in [1.807, 2.05) is 0 Å². The molecule has 2 nitrogen and oxygen atoms in total. The first-order valence-electron chi connectivity index (χ1n) is 6.30. The maximum absolute atomic E-state index is 12.2. The van der Waals surface area contributed by atoms with E-state index >= 15 is 0 Å². The third kappa shape index (κ3) is 1.73. The Labute approximate surface area is 92.8 Å². The molecule has 0 aromatic carbocycles. The highest BCUT2D eigenvalue weighted by atomic mass is 16.1. The summed E-state index contributed by atoms with van der Waals surface area (Å²) >= 11 is 0.